The van der Waals surface area contributed by atoms with Crippen LogP contribution in [-0.2, 0) is 4.79 Å². The zero-order valence-corrected chi connectivity index (χ0v) is 8.62. The molecule has 5 nitrogen and oxygen atoms in total. The summed E-state index contributed by atoms with van der Waals surface area (Å²) in [6, 6.07) is 5.09. The van der Waals surface area contributed by atoms with Gasteiger partial charge in [-0.1, -0.05) is 0 Å². The van der Waals surface area contributed by atoms with Crippen molar-refractivity contribution >= 4 is 17.0 Å². The molecule has 0 saturated carbocycles. The van der Waals surface area contributed by atoms with Crippen LogP contribution in [0.2, 0.25) is 0 Å². The van der Waals surface area contributed by atoms with Gasteiger partial charge in [0.25, 0.3) is 0 Å². The molecule has 2 aromatic rings. The van der Waals surface area contributed by atoms with Crippen LogP contribution in [0.15, 0.2) is 30.6 Å². The number of hydrogen-bond acceptors (Lipinski definition) is 4. The van der Waals surface area contributed by atoms with E-state index in [2.05, 4.69) is 9.97 Å². The van der Waals surface area contributed by atoms with Crippen molar-refractivity contribution in [2.45, 2.75) is 13.0 Å². The molecule has 0 aliphatic rings. The number of hydrogen-bond donors (Lipinski definition) is 1. The highest BCUT2D eigenvalue weighted by molar-refractivity contribution is 5.76. The van der Waals surface area contributed by atoms with Crippen LogP contribution in [0.1, 0.15) is 6.92 Å². The summed E-state index contributed by atoms with van der Waals surface area (Å²) < 4.78 is 5.22. The molecule has 82 valence electrons. The molecule has 0 fully saturated rings. The predicted octanol–water partition coefficient (Wildman–Crippen LogP) is 1.48. The van der Waals surface area contributed by atoms with Gasteiger partial charge in [-0.3, -0.25) is 9.97 Å². The van der Waals surface area contributed by atoms with E-state index in [0.717, 1.165) is 5.52 Å². The van der Waals surface area contributed by atoms with Crippen LogP contribution in [-0.4, -0.2) is 27.1 Å². The number of fused-ring (bicyclic) bond motifs is 1. The van der Waals surface area contributed by atoms with E-state index >= 15 is 0 Å². The second-order valence-electron chi connectivity index (χ2n) is 3.31. The summed E-state index contributed by atoms with van der Waals surface area (Å²) in [7, 11) is 0. The van der Waals surface area contributed by atoms with Gasteiger partial charge in [-0.05, 0) is 19.1 Å². The van der Waals surface area contributed by atoms with Crippen molar-refractivity contribution in [3.63, 3.8) is 0 Å². The first-order valence-corrected chi connectivity index (χ1v) is 4.77. The lowest BCUT2D eigenvalue weighted by molar-refractivity contribution is -0.144. The highest BCUT2D eigenvalue weighted by atomic mass is 16.5. The Morgan fingerprint density at radius 3 is 2.69 bits per heavy atom. The summed E-state index contributed by atoms with van der Waals surface area (Å²) in [6.07, 6.45) is 2.30. The molecule has 1 aromatic carbocycles. The minimum absolute atomic E-state index is 0.475. The van der Waals surface area contributed by atoms with Gasteiger partial charge < -0.3 is 9.84 Å². The number of nitrogens with zero attached hydrogens (tertiary/aromatic N) is 2. The van der Waals surface area contributed by atoms with E-state index in [-0.39, 0.29) is 0 Å². The molecule has 0 radical (unpaired) electrons. The normalized spacial score (nSPS) is 12.3. The van der Waals surface area contributed by atoms with Crippen LogP contribution in [0, 0.1) is 0 Å². The summed E-state index contributed by atoms with van der Waals surface area (Å²) in [5.74, 6) is -0.526. The van der Waals surface area contributed by atoms with Gasteiger partial charge in [0.15, 0.2) is 6.10 Å². The fourth-order valence-electron chi connectivity index (χ4n) is 1.27. The van der Waals surface area contributed by atoms with Crippen LogP contribution in [0.5, 0.6) is 5.75 Å². The van der Waals surface area contributed by atoms with E-state index in [9.17, 15) is 4.79 Å². The molecular formula is C11H10N2O3. The van der Waals surface area contributed by atoms with E-state index in [1.54, 1.807) is 30.6 Å². The Bertz CT molecular complexity index is 527. The number of benzene rings is 1. The first-order chi connectivity index (χ1) is 7.66. The van der Waals surface area contributed by atoms with Gasteiger partial charge in [0.05, 0.1) is 11.0 Å². The minimum Gasteiger partial charge on any atom is -0.479 e. The lowest BCUT2D eigenvalue weighted by Crippen LogP contribution is -2.22. The van der Waals surface area contributed by atoms with Gasteiger partial charge in [0.2, 0.25) is 0 Å². The van der Waals surface area contributed by atoms with Crippen LogP contribution < -0.4 is 4.74 Å². The second kappa shape index (κ2) is 4.14. The summed E-state index contributed by atoms with van der Waals surface area (Å²) in [6.45, 7) is 1.48. The third-order valence-corrected chi connectivity index (χ3v) is 2.10. The molecule has 0 amide bonds. The molecule has 1 heterocycles. The predicted molar refractivity (Wildman–Crippen MR) is 57.3 cm³/mol. The molecule has 1 aromatic heterocycles. The van der Waals surface area contributed by atoms with Crippen molar-refractivity contribution in [3.05, 3.63) is 30.6 Å². The number of carbonyl (C=O) groups is 1. The molecule has 2 rings (SSSR count). The van der Waals surface area contributed by atoms with Crippen molar-refractivity contribution in [2.24, 2.45) is 0 Å². The lowest BCUT2D eigenvalue weighted by atomic mass is 10.3. The Hall–Kier alpha value is -2.17. The summed E-state index contributed by atoms with van der Waals surface area (Å²) >= 11 is 0. The highest BCUT2D eigenvalue weighted by Crippen LogP contribution is 2.18. The maximum Gasteiger partial charge on any atom is 0.344 e. The first kappa shape index (κ1) is 10.4. The number of rotatable bonds is 3. The SMILES string of the molecule is CC(Oc1ccc2nccnc2c1)C(=O)O. The van der Waals surface area contributed by atoms with Crippen molar-refractivity contribution in [1.29, 1.82) is 0 Å². The smallest absolute Gasteiger partial charge is 0.344 e. The fraction of sp³-hybridized carbons (Fsp3) is 0.182. The van der Waals surface area contributed by atoms with Gasteiger partial charge in [0, 0.05) is 18.5 Å². The lowest BCUT2D eigenvalue weighted by Gasteiger charge is -2.10. The number of aromatic nitrogens is 2. The molecule has 1 N–H and O–H groups in total. The average molecular weight is 218 g/mol. The molecule has 0 bridgehead atoms. The monoisotopic (exact) mass is 218 g/mol. The standard InChI is InChI=1S/C11H10N2O3/c1-7(11(14)15)16-8-2-3-9-10(6-8)13-5-4-12-9/h2-7H,1H3,(H,14,15). The van der Waals surface area contributed by atoms with Crippen molar-refractivity contribution in [2.75, 3.05) is 0 Å². The molecular weight excluding hydrogens is 208 g/mol. The fourth-order valence-corrected chi connectivity index (χ4v) is 1.27. The highest BCUT2D eigenvalue weighted by Gasteiger charge is 2.12. The van der Waals surface area contributed by atoms with Crippen molar-refractivity contribution < 1.29 is 14.6 Å². The Kier molecular flexibility index (Phi) is 2.68. The Labute approximate surface area is 91.7 Å². The zero-order chi connectivity index (χ0) is 11.5. The second-order valence-corrected chi connectivity index (χ2v) is 3.31. The first-order valence-electron chi connectivity index (χ1n) is 4.77. The van der Waals surface area contributed by atoms with Gasteiger partial charge in [-0.15, -0.1) is 0 Å². The summed E-state index contributed by atoms with van der Waals surface area (Å²) in [5.41, 5.74) is 1.43. The molecule has 0 aliphatic carbocycles. The Balaban J connectivity index is 2.29. The number of aliphatic carboxylic acids is 1. The summed E-state index contributed by atoms with van der Waals surface area (Å²) in [4.78, 5) is 18.8. The largest absolute Gasteiger partial charge is 0.479 e. The van der Waals surface area contributed by atoms with Crippen molar-refractivity contribution in [1.82, 2.24) is 9.97 Å². The third-order valence-electron chi connectivity index (χ3n) is 2.10. The average Bonchev–Trinajstić information content (AvgIpc) is 2.28. The maximum atomic E-state index is 10.6. The maximum absolute atomic E-state index is 10.6. The molecule has 1 unspecified atom stereocenters. The van der Waals surface area contributed by atoms with Crippen LogP contribution in [0.25, 0.3) is 11.0 Å². The molecule has 5 heteroatoms. The molecule has 1 atom stereocenters. The van der Waals surface area contributed by atoms with E-state index in [0.29, 0.717) is 11.3 Å². The Morgan fingerprint density at radius 1 is 1.31 bits per heavy atom. The minimum atomic E-state index is -1.00. The third kappa shape index (κ3) is 2.08. The van der Waals surface area contributed by atoms with E-state index in [1.807, 2.05) is 0 Å². The van der Waals surface area contributed by atoms with E-state index < -0.39 is 12.1 Å². The van der Waals surface area contributed by atoms with Crippen LogP contribution >= 0.6 is 0 Å². The van der Waals surface area contributed by atoms with Crippen LogP contribution in [0.3, 0.4) is 0 Å². The van der Waals surface area contributed by atoms with Gasteiger partial charge in [0.1, 0.15) is 5.75 Å². The molecule has 0 spiro atoms. The number of carboxylic acid groups (broad SMARTS) is 1. The molecule has 16 heavy (non-hydrogen) atoms. The summed E-state index contributed by atoms with van der Waals surface area (Å²) in [5, 5.41) is 8.70. The van der Waals surface area contributed by atoms with Gasteiger partial charge >= 0.3 is 5.97 Å². The molecule has 0 aliphatic heterocycles. The topological polar surface area (TPSA) is 72.3 Å². The van der Waals surface area contributed by atoms with Gasteiger partial charge in [-0.2, -0.15) is 0 Å². The van der Waals surface area contributed by atoms with Crippen molar-refractivity contribution in [3.8, 4) is 5.75 Å². The number of carboxylic acids is 1. The van der Waals surface area contributed by atoms with Gasteiger partial charge in [-0.25, -0.2) is 4.79 Å². The molecule has 0 saturated heterocycles. The quantitative estimate of drug-likeness (QED) is 0.844. The Morgan fingerprint density at radius 2 is 2.00 bits per heavy atom. The van der Waals surface area contributed by atoms with E-state index in [4.69, 9.17) is 9.84 Å². The number of ether oxygens (including phenoxy) is 1. The van der Waals surface area contributed by atoms with E-state index in [1.165, 1.54) is 6.92 Å². The van der Waals surface area contributed by atoms with Crippen LogP contribution in [0.4, 0.5) is 0 Å². The zero-order valence-electron chi connectivity index (χ0n) is 8.62.